The molecule has 0 spiro atoms. The van der Waals surface area contributed by atoms with Crippen molar-refractivity contribution in [2.24, 2.45) is 0 Å². The summed E-state index contributed by atoms with van der Waals surface area (Å²) in [6.45, 7) is 7.67. The Balaban J connectivity index is 2.06. The van der Waals surface area contributed by atoms with E-state index in [1.54, 1.807) is 23.0 Å². The van der Waals surface area contributed by atoms with Crippen molar-refractivity contribution in [2.45, 2.75) is 46.1 Å². The Hall–Kier alpha value is -2.41. The molecule has 2 amide bonds. The quantitative estimate of drug-likeness (QED) is 0.758. The van der Waals surface area contributed by atoms with Crippen LogP contribution in [0.1, 0.15) is 38.1 Å². The van der Waals surface area contributed by atoms with Gasteiger partial charge >= 0.3 is 6.03 Å². The van der Waals surface area contributed by atoms with E-state index in [1.165, 1.54) is 0 Å². The van der Waals surface area contributed by atoms with Gasteiger partial charge in [-0.2, -0.15) is 5.10 Å². The van der Waals surface area contributed by atoms with Gasteiger partial charge in [-0.05, 0) is 44.9 Å². The van der Waals surface area contributed by atoms with Crippen molar-refractivity contribution in [2.75, 3.05) is 11.9 Å². The Morgan fingerprint density at radius 1 is 1.29 bits per heavy atom. The van der Waals surface area contributed by atoms with Gasteiger partial charge in [0.05, 0.1) is 29.7 Å². The molecule has 2 aromatic heterocycles. The molecule has 0 radical (unpaired) electrons. The van der Waals surface area contributed by atoms with Crippen molar-refractivity contribution in [1.29, 1.82) is 0 Å². The number of aliphatic hydroxyl groups is 1. The fourth-order valence-electron chi connectivity index (χ4n) is 2.54. The minimum atomic E-state index is -0.596. The van der Waals surface area contributed by atoms with E-state index in [-0.39, 0.29) is 12.6 Å². The summed E-state index contributed by atoms with van der Waals surface area (Å²) >= 11 is 0. The molecule has 2 heterocycles. The van der Waals surface area contributed by atoms with Crippen LogP contribution in [0.2, 0.25) is 0 Å². The third kappa shape index (κ3) is 3.91. The van der Waals surface area contributed by atoms with Crippen LogP contribution >= 0.6 is 0 Å². The molecule has 2 rings (SSSR count). The standard InChI is InChI=1S/C17H25N5O2/c1-5-17(6-2,11-23)20-16(24)19-14-7-8-15(18-10-14)22-13(4)9-12(3)21-22/h7-10,23H,5-6,11H2,1-4H3,(H2,19,20,24). The van der Waals surface area contributed by atoms with Gasteiger partial charge in [0.1, 0.15) is 0 Å². The SMILES string of the molecule is CCC(CC)(CO)NC(=O)Nc1ccc(-n2nc(C)cc2C)nc1. The van der Waals surface area contributed by atoms with E-state index in [4.69, 9.17) is 0 Å². The fraction of sp³-hybridized carbons (Fsp3) is 0.471. The summed E-state index contributed by atoms with van der Waals surface area (Å²) in [5.41, 5.74) is 1.91. The lowest BCUT2D eigenvalue weighted by Crippen LogP contribution is -2.52. The van der Waals surface area contributed by atoms with Crippen LogP contribution in [0.15, 0.2) is 24.4 Å². The average Bonchev–Trinajstić information content (AvgIpc) is 2.92. The molecule has 130 valence electrons. The van der Waals surface area contributed by atoms with Gasteiger partial charge in [0.25, 0.3) is 0 Å². The minimum absolute atomic E-state index is 0.0947. The van der Waals surface area contributed by atoms with E-state index in [1.807, 2.05) is 33.8 Å². The van der Waals surface area contributed by atoms with Gasteiger partial charge in [0, 0.05) is 5.69 Å². The number of nitrogens with zero attached hydrogens (tertiary/aromatic N) is 3. The highest BCUT2D eigenvalue weighted by Crippen LogP contribution is 2.16. The molecule has 7 nitrogen and oxygen atoms in total. The van der Waals surface area contributed by atoms with Crippen molar-refractivity contribution in [1.82, 2.24) is 20.1 Å². The lowest BCUT2D eigenvalue weighted by atomic mass is 9.94. The van der Waals surface area contributed by atoms with Crippen LogP contribution in [0.25, 0.3) is 5.82 Å². The summed E-state index contributed by atoms with van der Waals surface area (Å²) in [6.07, 6.45) is 2.90. The molecule has 3 N–H and O–H groups in total. The van der Waals surface area contributed by atoms with E-state index in [0.29, 0.717) is 24.3 Å². The van der Waals surface area contributed by atoms with Crippen LogP contribution in [-0.4, -0.2) is 38.0 Å². The summed E-state index contributed by atoms with van der Waals surface area (Å²) in [6, 6.07) is 5.20. The molecule has 0 aliphatic rings. The van der Waals surface area contributed by atoms with Crippen LogP contribution in [-0.2, 0) is 0 Å². The molecule has 0 bridgehead atoms. The zero-order valence-corrected chi connectivity index (χ0v) is 14.6. The van der Waals surface area contributed by atoms with E-state index >= 15 is 0 Å². The Bertz CT molecular complexity index is 681. The first kappa shape index (κ1) is 17.9. The van der Waals surface area contributed by atoms with Crippen molar-refractivity contribution in [3.63, 3.8) is 0 Å². The number of anilines is 1. The van der Waals surface area contributed by atoms with Gasteiger partial charge in [0.15, 0.2) is 5.82 Å². The van der Waals surface area contributed by atoms with Crippen molar-refractivity contribution in [3.8, 4) is 5.82 Å². The maximum absolute atomic E-state index is 12.1. The number of rotatable bonds is 6. The Labute approximate surface area is 142 Å². The van der Waals surface area contributed by atoms with Crippen LogP contribution in [0.3, 0.4) is 0 Å². The first-order chi connectivity index (χ1) is 11.4. The van der Waals surface area contributed by atoms with E-state index in [9.17, 15) is 9.90 Å². The minimum Gasteiger partial charge on any atom is -0.394 e. The highest BCUT2D eigenvalue weighted by atomic mass is 16.3. The number of nitrogens with one attached hydrogen (secondary N) is 2. The molecule has 0 saturated carbocycles. The molecule has 0 unspecified atom stereocenters. The molecule has 24 heavy (non-hydrogen) atoms. The Kier molecular flexibility index (Phi) is 5.56. The van der Waals surface area contributed by atoms with Crippen LogP contribution in [0.4, 0.5) is 10.5 Å². The second kappa shape index (κ2) is 7.44. The lowest BCUT2D eigenvalue weighted by Gasteiger charge is -2.30. The summed E-state index contributed by atoms with van der Waals surface area (Å²) in [5, 5.41) is 19.5. The smallest absolute Gasteiger partial charge is 0.319 e. The number of carbonyl (C=O) groups excluding carboxylic acids is 1. The monoisotopic (exact) mass is 331 g/mol. The highest BCUT2D eigenvalue weighted by Gasteiger charge is 2.27. The third-order valence-electron chi connectivity index (χ3n) is 4.27. The number of hydrogen-bond acceptors (Lipinski definition) is 4. The van der Waals surface area contributed by atoms with Gasteiger partial charge in [0.2, 0.25) is 0 Å². The van der Waals surface area contributed by atoms with E-state index in [2.05, 4.69) is 20.7 Å². The zero-order chi connectivity index (χ0) is 17.7. The van der Waals surface area contributed by atoms with E-state index < -0.39 is 5.54 Å². The Morgan fingerprint density at radius 3 is 2.46 bits per heavy atom. The Morgan fingerprint density at radius 2 is 2.00 bits per heavy atom. The van der Waals surface area contributed by atoms with Crippen LogP contribution in [0.5, 0.6) is 0 Å². The van der Waals surface area contributed by atoms with Gasteiger partial charge in [-0.3, -0.25) is 0 Å². The summed E-state index contributed by atoms with van der Waals surface area (Å²) < 4.78 is 1.75. The summed E-state index contributed by atoms with van der Waals surface area (Å²) in [4.78, 5) is 16.5. The maximum Gasteiger partial charge on any atom is 0.319 e. The number of urea groups is 1. The molecule has 0 saturated heterocycles. The topological polar surface area (TPSA) is 92.1 Å². The molecule has 0 atom stereocenters. The predicted octanol–water partition coefficient (Wildman–Crippen LogP) is 2.56. The molecule has 0 aromatic carbocycles. The highest BCUT2D eigenvalue weighted by molar-refractivity contribution is 5.89. The molecule has 0 aliphatic heterocycles. The normalized spacial score (nSPS) is 11.4. The molecule has 2 aromatic rings. The number of pyridine rings is 1. The van der Waals surface area contributed by atoms with Gasteiger partial charge in [-0.1, -0.05) is 13.8 Å². The first-order valence-electron chi connectivity index (χ1n) is 8.12. The summed E-state index contributed by atoms with van der Waals surface area (Å²) in [5.74, 6) is 0.693. The zero-order valence-electron chi connectivity index (χ0n) is 14.6. The number of aryl methyl sites for hydroxylation is 2. The van der Waals surface area contributed by atoms with E-state index in [0.717, 1.165) is 11.4 Å². The molecule has 0 fully saturated rings. The largest absolute Gasteiger partial charge is 0.394 e. The number of carbonyl (C=O) groups is 1. The molecular formula is C17H25N5O2. The van der Waals surface area contributed by atoms with Crippen molar-refractivity contribution in [3.05, 3.63) is 35.8 Å². The first-order valence-corrected chi connectivity index (χ1v) is 8.12. The number of amides is 2. The van der Waals surface area contributed by atoms with Crippen molar-refractivity contribution >= 4 is 11.7 Å². The van der Waals surface area contributed by atoms with Crippen LogP contribution < -0.4 is 10.6 Å². The second-order valence-electron chi connectivity index (χ2n) is 5.97. The lowest BCUT2D eigenvalue weighted by molar-refractivity contribution is 0.155. The van der Waals surface area contributed by atoms with Crippen molar-refractivity contribution < 1.29 is 9.90 Å². The third-order valence-corrected chi connectivity index (χ3v) is 4.27. The van der Waals surface area contributed by atoms with Gasteiger partial charge < -0.3 is 15.7 Å². The molecule has 0 aliphatic carbocycles. The second-order valence-corrected chi connectivity index (χ2v) is 5.97. The fourth-order valence-corrected chi connectivity index (χ4v) is 2.54. The maximum atomic E-state index is 12.1. The van der Waals surface area contributed by atoms with Crippen LogP contribution in [0, 0.1) is 13.8 Å². The molecular weight excluding hydrogens is 306 g/mol. The number of aliphatic hydroxyl groups excluding tert-OH is 1. The summed E-state index contributed by atoms with van der Waals surface area (Å²) in [7, 11) is 0. The average molecular weight is 331 g/mol. The molecule has 7 heteroatoms. The number of aromatic nitrogens is 3. The van der Waals surface area contributed by atoms with Gasteiger partial charge in [-0.15, -0.1) is 0 Å². The predicted molar refractivity (Wildman–Crippen MR) is 93.4 cm³/mol. The van der Waals surface area contributed by atoms with Gasteiger partial charge in [-0.25, -0.2) is 14.5 Å². The number of hydrogen-bond donors (Lipinski definition) is 3.